The van der Waals surface area contributed by atoms with Gasteiger partial charge in [-0.2, -0.15) is 4.98 Å². The molecule has 1 aromatic rings. The van der Waals surface area contributed by atoms with Crippen LogP contribution in [0.1, 0.15) is 46.5 Å². The molecule has 2 N–H and O–H groups in total. The van der Waals surface area contributed by atoms with Crippen LogP contribution in [0.25, 0.3) is 0 Å². The molecule has 19 heavy (non-hydrogen) atoms. The number of unbranched alkanes of at least 4 members (excludes halogenated alkanes) is 3. The highest BCUT2D eigenvalue weighted by molar-refractivity contribution is 5.49. The topological polar surface area (TPSA) is 57.4 Å². The van der Waals surface area contributed by atoms with Crippen molar-refractivity contribution in [2.45, 2.75) is 46.5 Å². The monoisotopic (exact) mass is 266 g/mol. The van der Waals surface area contributed by atoms with Gasteiger partial charge in [-0.25, -0.2) is 0 Å². The Bertz CT molecular complexity index is 367. The standard InChI is InChI=1S/C15H26N2O2/c1-4-5-6-7-10-18-14-9-8-13(16)15(17-14)19-11-12(2)3/h8-9,12H,4-7,10-11,16H2,1-3H3. The lowest BCUT2D eigenvalue weighted by atomic mass is 10.2. The molecule has 108 valence electrons. The third-order valence-corrected chi connectivity index (χ3v) is 2.67. The van der Waals surface area contributed by atoms with E-state index in [0.29, 0.717) is 36.6 Å². The average molecular weight is 266 g/mol. The van der Waals surface area contributed by atoms with E-state index in [-0.39, 0.29) is 0 Å². The zero-order valence-electron chi connectivity index (χ0n) is 12.3. The summed E-state index contributed by atoms with van der Waals surface area (Å²) in [5.74, 6) is 1.50. The summed E-state index contributed by atoms with van der Waals surface area (Å²) in [6.45, 7) is 7.67. The smallest absolute Gasteiger partial charge is 0.240 e. The average Bonchev–Trinajstić information content (AvgIpc) is 2.38. The molecule has 0 radical (unpaired) electrons. The van der Waals surface area contributed by atoms with Gasteiger partial charge < -0.3 is 15.2 Å². The fourth-order valence-corrected chi connectivity index (χ4v) is 1.58. The van der Waals surface area contributed by atoms with Gasteiger partial charge in [0, 0.05) is 6.07 Å². The predicted octanol–water partition coefficient (Wildman–Crippen LogP) is 3.66. The van der Waals surface area contributed by atoms with E-state index in [0.717, 1.165) is 6.42 Å². The quantitative estimate of drug-likeness (QED) is 0.693. The lowest BCUT2D eigenvalue weighted by Crippen LogP contribution is -2.08. The Labute approximate surface area is 116 Å². The van der Waals surface area contributed by atoms with Crippen LogP contribution in [0, 0.1) is 5.92 Å². The predicted molar refractivity (Wildman–Crippen MR) is 78.6 cm³/mol. The molecule has 0 bridgehead atoms. The fraction of sp³-hybridized carbons (Fsp3) is 0.667. The number of nitrogen functional groups attached to an aromatic ring is 1. The van der Waals surface area contributed by atoms with Crippen molar-refractivity contribution in [3.63, 3.8) is 0 Å². The second-order valence-corrected chi connectivity index (χ2v) is 5.16. The van der Waals surface area contributed by atoms with E-state index >= 15 is 0 Å². The Morgan fingerprint density at radius 1 is 1.16 bits per heavy atom. The molecule has 1 heterocycles. The molecule has 1 aromatic heterocycles. The summed E-state index contributed by atoms with van der Waals surface area (Å²) in [4.78, 5) is 4.29. The van der Waals surface area contributed by atoms with E-state index in [4.69, 9.17) is 15.2 Å². The third-order valence-electron chi connectivity index (χ3n) is 2.67. The molecule has 4 heteroatoms. The maximum atomic E-state index is 5.83. The first-order valence-electron chi connectivity index (χ1n) is 7.15. The molecular formula is C15H26N2O2. The number of nitrogens with zero attached hydrogens (tertiary/aromatic N) is 1. The molecule has 0 aliphatic heterocycles. The van der Waals surface area contributed by atoms with Crippen molar-refractivity contribution in [3.8, 4) is 11.8 Å². The van der Waals surface area contributed by atoms with Gasteiger partial charge in [-0.3, -0.25) is 0 Å². The van der Waals surface area contributed by atoms with Crippen LogP contribution in [0.5, 0.6) is 11.8 Å². The van der Waals surface area contributed by atoms with Crippen LogP contribution in [-0.4, -0.2) is 18.2 Å². The van der Waals surface area contributed by atoms with Crippen molar-refractivity contribution < 1.29 is 9.47 Å². The summed E-state index contributed by atoms with van der Waals surface area (Å²) in [6.07, 6.45) is 4.73. The highest BCUT2D eigenvalue weighted by atomic mass is 16.5. The van der Waals surface area contributed by atoms with Crippen molar-refractivity contribution in [1.82, 2.24) is 4.98 Å². The van der Waals surface area contributed by atoms with Crippen LogP contribution < -0.4 is 15.2 Å². The minimum Gasteiger partial charge on any atom is -0.478 e. The molecule has 0 aliphatic carbocycles. The third kappa shape index (κ3) is 6.32. The zero-order valence-corrected chi connectivity index (χ0v) is 12.3. The maximum Gasteiger partial charge on any atom is 0.240 e. The molecule has 0 saturated heterocycles. The summed E-state index contributed by atoms with van der Waals surface area (Å²) >= 11 is 0. The Kier molecular flexibility index (Phi) is 7.08. The Morgan fingerprint density at radius 3 is 2.63 bits per heavy atom. The van der Waals surface area contributed by atoms with Gasteiger partial charge in [0.2, 0.25) is 11.8 Å². The summed E-state index contributed by atoms with van der Waals surface area (Å²) in [5, 5.41) is 0. The molecule has 0 aromatic carbocycles. The van der Waals surface area contributed by atoms with Crippen LogP contribution >= 0.6 is 0 Å². The lowest BCUT2D eigenvalue weighted by molar-refractivity contribution is 0.251. The van der Waals surface area contributed by atoms with Crippen molar-refractivity contribution in [1.29, 1.82) is 0 Å². The number of anilines is 1. The number of hydrogen-bond acceptors (Lipinski definition) is 4. The largest absolute Gasteiger partial charge is 0.478 e. The van der Waals surface area contributed by atoms with E-state index in [2.05, 4.69) is 25.8 Å². The summed E-state index contributed by atoms with van der Waals surface area (Å²) in [6, 6.07) is 3.57. The molecule has 1 rings (SSSR count). The zero-order chi connectivity index (χ0) is 14.1. The first kappa shape index (κ1) is 15.6. The van der Waals surface area contributed by atoms with E-state index in [1.807, 2.05) is 0 Å². The number of ether oxygens (including phenoxy) is 2. The number of pyridine rings is 1. The van der Waals surface area contributed by atoms with Crippen LogP contribution in [0.3, 0.4) is 0 Å². The van der Waals surface area contributed by atoms with Gasteiger partial charge in [0.1, 0.15) is 0 Å². The first-order chi connectivity index (χ1) is 9.13. The Balaban J connectivity index is 2.43. The van der Waals surface area contributed by atoms with Crippen molar-refractivity contribution in [3.05, 3.63) is 12.1 Å². The van der Waals surface area contributed by atoms with E-state index < -0.39 is 0 Å². The molecule has 0 saturated carbocycles. The highest BCUT2D eigenvalue weighted by Crippen LogP contribution is 2.22. The van der Waals surface area contributed by atoms with Gasteiger partial charge in [-0.05, 0) is 18.4 Å². The normalized spacial score (nSPS) is 10.7. The summed E-state index contributed by atoms with van der Waals surface area (Å²) in [7, 11) is 0. The minimum atomic E-state index is 0.444. The molecule has 0 aliphatic rings. The van der Waals surface area contributed by atoms with E-state index in [1.54, 1.807) is 12.1 Å². The number of rotatable bonds is 9. The van der Waals surface area contributed by atoms with Crippen molar-refractivity contribution in [2.24, 2.45) is 5.92 Å². The van der Waals surface area contributed by atoms with Crippen molar-refractivity contribution >= 4 is 5.69 Å². The summed E-state index contributed by atoms with van der Waals surface area (Å²) in [5.41, 5.74) is 6.38. The maximum absolute atomic E-state index is 5.83. The number of hydrogen-bond donors (Lipinski definition) is 1. The van der Waals surface area contributed by atoms with Gasteiger partial charge in [0.05, 0.1) is 18.9 Å². The van der Waals surface area contributed by atoms with Gasteiger partial charge in [-0.15, -0.1) is 0 Å². The van der Waals surface area contributed by atoms with Gasteiger partial charge >= 0.3 is 0 Å². The van der Waals surface area contributed by atoms with Crippen LogP contribution in [-0.2, 0) is 0 Å². The molecular weight excluding hydrogens is 240 g/mol. The van der Waals surface area contributed by atoms with Crippen LogP contribution in [0.4, 0.5) is 5.69 Å². The highest BCUT2D eigenvalue weighted by Gasteiger charge is 2.06. The first-order valence-corrected chi connectivity index (χ1v) is 7.15. The molecule has 0 fully saturated rings. The molecule has 0 spiro atoms. The fourth-order valence-electron chi connectivity index (χ4n) is 1.58. The Hall–Kier alpha value is -1.45. The van der Waals surface area contributed by atoms with Gasteiger partial charge in [0.15, 0.2) is 0 Å². The van der Waals surface area contributed by atoms with Crippen LogP contribution in [0.15, 0.2) is 12.1 Å². The summed E-state index contributed by atoms with van der Waals surface area (Å²) < 4.78 is 11.2. The van der Waals surface area contributed by atoms with Gasteiger partial charge in [-0.1, -0.05) is 40.0 Å². The van der Waals surface area contributed by atoms with Crippen LogP contribution in [0.2, 0.25) is 0 Å². The lowest BCUT2D eigenvalue weighted by Gasteiger charge is -2.11. The minimum absolute atomic E-state index is 0.444. The SMILES string of the molecule is CCCCCCOc1ccc(N)c(OCC(C)C)n1. The molecule has 0 amide bonds. The number of aromatic nitrogens is 1. The molecule has 0 atom stereocenters. The number of nitrogens with two attached hydrogens (primary N) is 1. The Morgan fingerprint density at radius 2 is 1.95 bits per heavy atom. The van der Waals surface area contributed by atoms with Crippen molar-refractivity contribution in [2.75, 3.05) is 18.9 Å². The van der Waals surface area contributed by atoms with Gasteiger partial charge in [0.25, 0.3) is 0 Å². The second kappa shape index (κ2) is 8.62. The molecule has 0 unspecified atom stereocenters. The van der Waals surface area contributed by atoms with E-state index in [1.165, 1.54) is 19.3 Å². The molecule has 4 nitrogen and oxygen atoms in total. The van der Waals surface area contributed by atoms with E-state index in [9.17, 15) is 0 Å². The second-order valence-electron chi connectivity index (χ2n) is 5.16.